The van der Waals surface area contributed by atoms with E-state index in [-0.39, 0.29) is 6.04 Å². The van der Waals surface area contributed by atoms with E-state index in [1.165, 1.54) is 36.7 Å². The van der Waals surface area contributed by atoms with E-state index < -0.39 is 0 Å². The highest BCUT2D eigenvalue weighted by molar-refractivity contribution is 6.30. The van der Waals surface area contributed by atoms with Gasteiger partial charge in [-0.2, -0.15) is 0 Å². The highest BCUT2D eigenvalue weighted by atomic mass is 35.5. The van der Waals surface area contributed by atoms with Crippen LogP contribution in [0.25, 0.3) is 0 Å². The highest BCUT2D eigenvalue weighted by Gasteiger charge is 2.10. The van der Waals surface area contributed by atoms with E-state index in [1.807, 2.05) is 6.92 Å². The van der Waals surface area contributed by atoms with Gasteiger partial charge in [0.2, 0.25) is 0 Å². The summed E-state index contributed by atoms with van der Waals surface area (Å²) in [4.78, 5) is 8.25. The number of benzene rings is 1. The zero-order valence-corrected chi connectivity index (χ0v) is 14.3. The number of nitrogens with zero attached hydrogens (tertiary/aromatic N) is 2. The van der Waals surface area contributed by atoms with Gasteiger partial charge in [-0.15, -0.1) is 0 Å². The molecule has 0 aliphatic carbocycles. The van der Waals surface area contributed by atoms with Crippen LogP contribution in [0.1, 0.15) is 55.8 Å². The van der Waals surface area contributed by atoms with Gasteiger partial charge in [0.05, 0.1) is 0 Å². The molecule has 0 saturated heterocycles. The van der Waals surface area contributed by atoms with Crippen LogP contribution in [0.5, 0.6) is 0 Å². The second-order valence-electron chi connectivity index (χ2n) is 5.70. The van der Waals surface area contributed by atoms with Crippen LogP contribution < -0.4 is 5.32 Å². The molecule has 0 saturated carbocycles. The number of halogens is 1. The molecule has 1 atom stereocenters. The fourth-order valence-electron chi connectivity index (χ4n) is 2.41. The second kappa shape index (κ2) is 8.14. The quantitative estimate of drug-likeness (QED) is 0.553. The molecule has 3 nitrogen and oxygen atoms in total. The number of nitrogens with one attached hydrogen (secondary N) is 1. The Kier molecular flexibility index (Phi) is 6.20. The molecule has 2 aromatic rings. The van der Waals surface area contributed by atoms with Crippen LogP contribution in [0.3, 0.4) is 0 Å². The molecule has 0 aliphatic rings. The lowest BCUT2D eigenvalue weighted by molar-refractivity contribution is 0.717. The Morgan fingerprint density at radius 2 is 1.86 bits per heavy atom. The molecule has 22 heavy (non-hydrogen) atoms. The van der Waals surface area contributed by atoms with Crippen molar-refractivity contribution in [3.8, 4) is 0 Å². The summed E-state index contributed by atoms with van der Waals surface area (Å²) in [5, 5.41) is 3.90. The van der Waals surface area contributed by atoms with Gasteiger partial charge in [0, 0.05) is 11.6 Å². The average molecular weight is 318 g/mol. The summed E-state index contributed by atoms with van der Waals surface area (Å²) in [6.07, 6.45) is 6.48. The lowest BCUT2D eigenvalue weighted by atomic mass is 10.0. The van der Waals surface area contributed by atoms with Crippen molar-refractivity contribution in [1.82, 2.24) is 9.97 Å². The molecule has 1 unspecified atom stereocenters. The Morgan fingerprint density at radius 3 is 2.55 bits per heavy atom. The number of rotatable bonds is 7. The van der Waals surface area contributed by atoms with Crippen molar-refractivity contribution in [2.75, 3.05) is 5.32 Å². The molecule has 0 aliphatic heterocycles. The zero-order valence-electron chi connectivity index (χ0n) is 13.6. The summed E-state index contributed by atoms with van der Waals surface area (Å²) in [6, 6.07) is 9.01. The number of unbranched alkanes of at least 4 members (excludes halogenated alkanes) is 2. The van der Waals surface area contributed by atoms with Crippen LogP contribution in [0, 0.1) is 6.92 Å². The fraction of sp³-hybridized carbons (Fsp3) is 0.444. The Morgan fingerprint density at radius 1 is 1.14 bits per heavy atom. The molecular weight excluding hydrogens is 294 g/mol. The summed E-state index contributed by atoms with van der Waals surface area (Å²) in [7, 11) is 0. The number of anilines is 1. The highest BCUT2D eigenvalue weighted by Crippen LogP contribution is 2.23. The largest absolute Gasteiger partial charge is 0.363 e. The van der Waals surface area contributed by atoms with Crippen molar-refractivity contribution in [3.05, 3.63) is 52.4 Å². The molecule has 1 aromatic carbocycles. The minimum atomic E-state index is 0.175. The molecule has 118 valence electrons. The first-order valence-corrected chi connectivity index (χ1v) is 8.32. The van der Waals surface area contributed by atoms with Gasteiger partial charge >= 0.3 is 0 Å². The third kappa shape index (κ3) is 4.44. The first kappa shape index (κ1) is 16.8. The molecule has 4 heteroatoms. The van der Waals surface area contributed by atoms with Crippen LogP contribution in [-0.4, -0.2) is 9.97 Å². The molecule has 0 radical (unpaired) electrons. The van der Waals surface area contributed by atoms with E-state index in [0.29, 0.717) is 5.15 Å². The van der Waals surface area contributed by atoms with Crippen molar-refractivity contribution < 1.29 is 0 Å². The standard InChI is InChI=1S/C18H24ClN3/c1-4-5-6-7-15-8-10-16(11-9-15)14(3)22-18-13(2)17(19)20-12-21-18/h8-12,14H,4-7H2,1-3H3,(H,20,21,22). The van der Waals surface area contributed by atoms with Gasteiger partial charge in [-0.1, -0.05) is 55.6 Å². The fourth-order valence-corrected chi connectivity index (χ4v) is 2.55. The number of aromatic nitrogens is 2. The smallest absolute Gasteiger partial charge is 0.137 e. The van der Waals surface area contributed by atoms with Crippen molar-refractivity contribution in [2.24, 2.45) is 0 Å². The Balaban J connectivity index is 2.00. The predicted octanol–water partition coefficient (Wildman–Crippen LogP) is 5.34. The maximum absolute atomic E-state index is 6.03. The minimum Gasteiger partial charge on any atom is -0.363 e. The van der Waals surface area contributed by atoms with E-state index in [9.17, 15) is 0 Å². The SMILES string of the molecule is CCCCCc1ccc(C(C)Nc2ncnc(Cl)c2C)cc1. The lowest BCUT2D eigenvalue weighted by Gasteiger charge is -2.17. The second-order valence-corrected chi connectivity index (χ2v) is 6.06. The van der Waals surface area contributed by atoms with E-state index in [2.05, 4.69) is 53.4 Å². The zero-order chi connectivity index (χ0) is 15.9. The van der Waals surface area contributed by atoms with E-state index in [0.717, 1.165) is 17.8 Å². The predicted molar refractivity (Wildman–Crippen MR) is 93.5 cm³/mol. The third-order valence-electron chi connectivity index (χ3n) is 3.92. The molecule has 0 amide bonds. The maximum atomic E-state index is 6.03. The summed E-state index contributed by atoms with van der Waals surface area (Å²) in [5.41, 5.74) is 3.53. The van der Waals surface area contributed by atoms with Crippen LogP contribution in [0.15, 0.2) is 30.6 Å². The van der Waals surface area contributed by atoms with Gasteiger partial charge in [-0.05, 0) is 37.8 Å². The Labute approximate surface area is 138 Å². The molecule has 0 spiro atoms. The minimum absolute atomic E-state index is 0.175. The molecule has 1 N–H and O–H groups in total. The third-order valence-corrected chi connectivity index (χ3v) is 4.31. The summed E-state index contributed by atoms with van der Waals surface area (Å²) >= 11 is 6.03. The van der Waals surface area contributed by atoms with E-state index in [1.54, 1.807) is 0 Å². The monoisotopic (exact) mass is 317 g/mol. The van der Waals surface area contributed by atoms with Gasteiger partial charge in [0.1, 0.15) is 17.3 Å². The molecule has 0 fully saturated rings. The van der Waals surface area contributed by atoms with Crippen molar-refractivity contribution in [3.63, 3.8) is 0 Å². The van der Waals surface area contributed by atoms with Gasteiger partial charge in [-0.3, -0.25) is 0 Å². The average Bonchev–Trinajstić information content (AvgIpc) is 2.53. The van der Waals surface area contributed by atoms with Crippen LogP contribution in [-0.2, 0) is 6.42 Å². The van der Waals surface area contributed by atoms with Crippen molar-refractivity contribution >= 4 is 17.4 Å². The molecule has 2 rings (SSSR count). The molecule has 0 bridgehead atoms. The summed E-state index contributed by atoms with van der Waals surface area (Å²) < 4.78 is 0. The van der Waals surface area contributed by atoms with Gasteiger partial charge in [0.15, 0.2) is 0 Å². The first-order chi connectivity index (χ1) is 10.6. The van der Waals surface area contributed by atoms with Crippen molar-refractivity contribution in [2.45, 2.75) is 52.5 Å². The lowest BCUT2D eigenvalue weighted by Crippen LogP contribution is -2.09. The van der Waals surface area contributed by atoms with E-state index in [4.69, 9.17) is 11.6 Å². The molecular formula is C18H24ClN3. The van der Waals surface area contributed by atoms with Gasteiger partial charge < -0.3 is 5.32 Å². The Bertz CT molecular complexity index is 596. The van der Waals surface area contributed by atoms with Gasteiger partial charge in [0.25, 0.3) is 0 Å². The van der Waals surface area contributed by atoms with Crippen molar-refractivity contribution in [1.29, 1.82) is 0 Å². The summed E-state index contributed by atoms with van der Waals surface area (Å²) in [5.74, 6) is 0.791. The topological polar surface area (TPSA) is 37.8 Å². The molecule has 1 aromatic heterocycles. The van der Waals surface area contributed by atoms with Crippen LogP contribution in [0.2, 0.25) is 5.15 Å². The summed E-state index contributed by atoms with van der Waals surface area (Å²) in [6.45, 7) is 6.29. The first-order valence-electron chi connectivity index (χ1n) is 7.94. The molecule has 1 heterocycles. The van der Waals surface area contributed by atoms with Crippen LogP contribution >= 0.6 is 11.6 Å². The van der Waals surface area contributed by atoms with E-state index >= 15 is 0 Å². The number of aryl methyl sites for hydroxylation is 1. The van der Waals surface area contributed by atoms with Gasteiger partial charge in [-0.25, -0.2) is 9.97 Å². The Hall–Kier alpha value is -1.61. The normalized spacial score (nSPS) is 12.2. The number of hydrogen-bond acceptors (Lipinski definition) is 3. The maximum Gasteiger partial charge on any atom is 0.137 e. The van der Waals surface area contributed by atoms with Crippen LogP contribution in [0.4, 0.5) is 5.82 Å². The number of hydrogen-bond donors (Lipinski definition) is 1.